The van der Waals surface area contributed by atoms with E-state index in [1.165, 1.54) is 12.3 Å². The molecular formula is C22H24N8O2. The van der Waals surface area contributed by atoms with Crippen LogP contribution in [0, 0.1) is 5.92 Å². The van der Waals surface area contributed by atoms with Gasteiger partial charge in [-0.2, -0.15) is 5.10 Å². The number of anilines is 4. The van der Waals surface area contributed by atoms with Gasteiger partial charge in [-0.15, -0.1) is 0 Å². The molecule has 0 atom stereocenters. The van der Waals surface area contributed by atoms with Gasteiger partial charge in [0.15, 0.2) is 5.82 Å². The summed E-state index contributed by atoms with van der Waals surface area (Å²) in [7, 11) is 3.79. The lowest BCUT2D eigenvalue weighted by Crippen LogP contribution is -2.23. The lowest BCUT2D eigenvalue weighted by Gasteiger charge is -2.28. The van der Waals surface area contributed by atoms with Crippen LogP contribution in [0.15, 0.2) is 30.7 Å². The van der Waals surface area contributed by atoms with E-state index in [-0.39, 0.29) is 28.9 Å². The molecule has 3 aromatic rings. The van der Waals surface area contributed by atoms with Gasteiger partial charge in [0.2, 0.25) is 5.91 Å². The minimum absolute atomic E-state index is 0.00179. The van der Waals surface area contributed by atoms with E-state index in [2.05, 4.69) is 25.7 Å². The second kappa shape index (κ2) is 7.63. The SMILES string of the molecule is [2H]C([2H])([2H])NC(=O)c1cnc(NC(=O)C2CC2)cc1Nc1nccc2c1N(C)Cc1cn(C)nc1-2. The summed E-state index contributed by atoms with van der Waals surface area (Å²) in [6.07, 6.45) is 6.51. The van der Waals surface area contributed by atoms with Crippen LogP contribution in [-0.4, -0.2) is 45.6 Å². The van der Waals surface area contributed by atoms with Crippen molar-refractivity contribution >= 4 is 34.8 Å². The van der Waals surface area contributed by atoms with Crippen LogP contribution in [0.4, 0.5) is 23.0 Å². The number of pyridine rings is 2. The predicted molar refractivity (Wildman–Crippen MR) is 121 cm³/mol. The van der Waals surface area contributed by atoms with E-state index in [1.54, 1.807) is 10.9 Å². The third-order valence-electron chi connectivity index (χ3n) is 5.59. The molecule has 5 rings (SSSR count). The first kappa shape index (κ1) is 16.7. The first-order valence-electron chi connectivity index (χ1n) is 11.7. The number of carbonyl (C=O) groups excluding carboxylic acids is 2. The monoisotopic (exact) mass is 435 g/mol. The number of nitrogens with one attached hydrogen (secondary N) is 3. The maximum atomic E-state index is 12.8. The second-order valence-corrected chi connectivity index (χ2v) is 8.05. The summed E-state index contributed by atoms with van der Waals surface area (Å²) in [5.74, 6) is -0.295. The fraction of sp³-hybridized carbons (Fsp3) is 0.318. The van der Waals surface area contributed by atoms with E-state index in [9.17, 15) is 9.59 Å². The van der Waals surface area contributed by atoms with Gasteiger partial charge in [-0.1, -0.05) is 0 Å². The zero-order chi connectivity index (χ0) is 24.9. The molecule has 0 saturated heterocycles. The zero-order valence-corrected chi connectivity index (χ0v) is 17.6. The van der Waals surface area contributed by atoms with Gasteiger partial charge in [0, 0.05) is 73.4 Å². The minimum atomic E-state index is -2.67. The number of amides is 2. The van der Waals surface area contributed by atoms with Crippen LogP contribution in [0.3, 0.4) is 0 Å². The Kier molecular flexibility index (Phi) is 3.98. The summed E-state index contributed by atoms with van der Waals surface area (Å²) in [5.41, 5.74) is 3.83. The molecule has 10 nitrogen and oxygen atoms in total. The number of aryl methyl sites for hydroxylation is 1. The molecule has 2 aliphatic rings. The summed E-state index contributed by atoms with van der Waals surface area (Å²) >= 11 is 0. The highest BCUT2D eigenvalue weighted by Crippen LogP contribution is 2.42. The molecule has 0 radical (unpaired) electrons. The molecule has 2 amide bonds. The highest BCUT2D eigenvalue weighted by Gasteiger charge is 2.30. The van der Waals surface area contributed by atoms with Gasteiger partial charge in [0.1, 0.15) is 5.82 Å². The van der Waals surface area contributed by atoms with Gasteiger partial charge in [-0.3, -0.25) is 14.3 Å². The van der Waals surface area contributed by atoms with Crippen LogP contribution in [-0.2, 0) is 18.4 Å². The molecule has 1 aliphatic carbocycles. The Labute approximate surface area is 189 Å². The Balaban J connectivity index is 1.54. The Bertz CT molecular complexity index is 1330. The lowest BCUT2D eigenvalue weighted by molar-refractivity contribution is -0.117. The molecule has 1 saturated carbocycles. The number of rotatable bonds is 5. The van der Waals surface area contributed by atoms with Crippen molar-refractivity contribution in [3.63, 3.8) is 0 Å². The van der Waals surface area contributed by atoms with E-state index in [0.29, 0.717) is 12.4 Å². The molecule has 164 valence electrons. The van der Waals surface area contributed by atoms with Crippen molar-refractivity contribution in [1.82, 2.24) is 25.1 Å². The van der Waals surface area contributed by atoms with Gasteiger partial charge in [-0.25, -0.2) is 9.97 Å². The van der Waals surface area contributed by atoms with E-state index in [1.807, 2.05) is 36.6 Å². The molecule has 1 fully saturated rings. The Morgan fingerprint density at radius 2 is 2.09 bits per heavy atom. The summed E-state index contributed by atoms with van der Waals surface area (Å²) in [5, 5.41) is 12.5. The van der Waals surface area contributed by atoms with E-state index in [0.717, 1.165) is 35.3 Å². The molecule has 3 N–H and O–H groups in total. The average Bonchev–Trinajstić information content (AvgIpc) is 3.55. The van der Waals surface area contributed by atoms with Gasteiger partial charge in [0.05, 0.1) is 22.6 Å². The third kappa shape index (κ3) is 3.53. The van der Waals surface area contributed by atoms with Crippen LogP contribution in [0.5, 0.6) is 0 Å². The number of nitrogens with zero attached hydrogens (tertiary/aromatic N) is 5. The number of fused-ring (bicyclic) bond motifs is 3. The van der Waals surface area contributed by atoms with E-state index in [4.69, 9.17) is 4.11 Å². The van der Waals surface area contributed by atoms with Crippen LogP contribution in [0.2, 0.25) is 0 Å². The Hall–Kier alpha value is -3.95. The van der Waals surface area contributed by atoms with Crippen molar-refractivity contribution in [3.05, 3.63) is 41.9 Å². The van der Waals surface area contributed by atoms with Crippen LogP contribution < -0.4 is 20.9 Å². The fourth-order valence-electron chi connectivity index (χ4n) is 3.91. The third-order valence-corrected chi connectivity index (χ3v) is 5.59. The maximum absolute atomic E-state index is 12.8. The Morgan fingerprint density at radius 1 is 1.25 bits per heavy atom. The summed E-state index contributed by atoms with van der Waals surface area (Å²) in [6.45, 7) is -2.06. The first-order valence-corrected chi connectivity index (χ1v) is 10.2. The largest absolute Gasteiger partial charge is 0.367 e. The second-order valence-electron chi connectivity index (χ2n) is 8.05. The zero-order valence-electron chi connectivity index (χ0n) is 20.6. The molecule has 0 bridgehead atoms. The van der Waals surface area contributed by atoms with E-state index < -0.39 is 12.9 Å². The van der Waals surface area contributed by atoms with E-state index >= 15 is 0 Å². The molecule has 0 aromatic carbocycles. The van der Waals surface area contributed by atoms with Crippen molar-refractivity contribution in [2.45, 2.75) is 19.4 Å². The highest BCUT2D eigenvalue weighted by atomic mass is 16.2. The number of hydrogen-bond donors (Lipinski definition) is 3. The molecule has 1 aliphatic heterocycles. The topological polar surface area (TPSA) is 117 Å². The van der Waals surface area contributed by atoms with Crippen LogP contribution >= 0.6 is 0 Å². The maximum Gasteiger partial charge on any atom is 0.254 e. The van der Waals surface area contributed by atoms with Crippen LogP contribution in [0.25, 0.3) is 11.3 Å². The summed E-state index contributed by atoms with van der Waals surface area (Å²) < 4.78 is 23.9. The standard InChI is InChI=1S/C22H24N8O2/c1-23-22(32)15-9-25-17(27-21(31)12-4-5-12)8-16(15)26-20-19-14(6-7-24-20)18-13(10-29(19)2)11-30(3)28-18/h6-9,11-12H,4-5,10H2,1-3H3,(H,23,32)(H2,24,25,26,27,31)/i1D3. The normalized spacial score (nSPS) is 16.2. The average molecular weight is 436 g/mol. The molecule has 0 unspecified atom stereocenters. The Morgan fingerprint density at radius 3 is 2.88 bits per heavy atom. The van der Waals surface area contributed by atoms with Gasteiger partial charge < -0.3 is 20.9 Å². The van der Waals surface area contributed by atoms with Gasteiger partial charge >= 0.3 is 0 Å². The van der Waals surface area contributed by atoms with Crippen molar-refractivity contribution in [1.29, 1.82) is 0 Å². The van der Waals surface area contributed by atoms with Crippen molar-refractivity contribution in [2.24, 2.45) is 13.0 Å². The smallest absolute Gasteiger partial charge is 0.254 e. The fourth-order valence-corrected chi connectivity index (χ4v) is 3.91. The minimum Gasteiger partial charge on any atom is -0.367 e. The number of carbonyl (C=O) groups is 2. The van der Waals surface area contributed by atoms with Crippen molar-refractivity contribution < 1.29 is 13.7 Å². The number of aromatic nitrogens is 4. The van der Waals surface area contributed by atoms with Crippen molar-refractivity contribution in [3.8, 4) is 11.3 Å². The summed E-state index contributed by atoms with van der Waals surface area (Å²) in [4.78, 5) is 35.7. The van der Waals surface area contributed by atoms with Gasteiger partial charge in [0.25, 0.3) is 5.91 Å². The molecule has 3 aromatic heterocycles. The van der Waals surface area contributed by atoms with Gasteiger partial charge in [-0.05, 0) is 18.9 Å². The molecule has 4 heterocycles. The van der Waals surface area contributed by atoms with Crippen molar-refractivity contribution in [2.75, 3.05) is 29.6 Å². The molecular weight excluding hydrogens is 408 g/mol. The van der Waals surface area contributed by atoms with Crippen LogP contribution in [0.1, 0.15) is 32.9 Å². The summed E-state index contributed by atoms with van der Waals surface area (Å²) in [6, 6.07) is 3.38. The lowest BCUT2D eigenvalue weighted by atomic mass is 10.0. The highest BCUT2D eigenvalue weighted by molar-refractivity contribution is 6.02. The first-order chi connectivity index (χ1) is 16.6. The molecule has 0 spiro atoms. The number of hydrogen-bond acceptors (Lipinski definition) is 7. The quantitative estimate of drug-likeness (QED) is 0.563. The molecule has 32 heavy (non-hydrogen) atoms. The predicted octanol–water partition coefficient (Wildman–Crippen LogP) is 2.28. The molecule has 10 heteroatoms.